The van der Waals surface area contributed by atoms with Crippen molar-refractivity contribution >= 4 is 61.7 Å². The van der Waals surface area contributed by atoms with Gasteiger partial charge in [0.25, 0.3) is 0 Å². The van der Waals surface area contributed by atoms with E-state index in [2.05, 4.69) is 21.6 Å². The van der Waals surface area contributed by atoms with Crippen LogP contribution in [0, 0.1) is 0 Å². The molecule has 0 heterocycles. The van der Waals surface area contributed by atoms with Crippen molar-refractivity contribution in [1.82, 2.24) is 0 Å². The van der Waals surface area contributed by atoms with Crippen LogP contribution in [0.1, 0.15) is 66.2 Å². The molecule has 170 valence electrons. The summed E-state index contributed by atoms with van der Waals surface area (Å²) in [4.78, 5) is 1.60. The van der Waals surface area contributed by atoms with Crippen molar-refractivity contribution in [2.75, 3.05) is 26.4 Å². The van der Waals surface area contributed by atoms with E-state index in [1.54, 1.807) is 0 Å². The van der Waals surface area contributed by atoms with Gasteiger partial charge in [0, 0.05) is 56.7 Å². The summed E-state index contributed by atoms with van der Waals surface area (Å²) >= 11 is 0. The molecule has 4 nitrogen and oxygen atoms in total. The quantitative estimate of drug-likeness (QED) is 0.0993. The van der Waals surface area contributed by atoms with Crippen molar-refractivity contribution < 1.29 is 18.9 Å². The molecule has 0 aliphatic heterocycles. The van der Waals surface area contributed by atoms with Crippen LogP contribution in [0.2, 0.25) is 0 Å². The third-order valence-corrected chi connectivity index (χ3v) is 15.9. The predicted molar refractivity (Wildman–Crippen MR) is 140 cm³/mol. The lowest BCUT2D eigenvalue weighted by molar-refractivity contribution is -0.140. The van der Waals surface area contributed by atoms with Crippen molar-refractivity contribution in [3.63, 3.8) is 0 Å². The molecule has 0 bridgehead atoms. The first-order chi connectivity index (χ1) is 13.6. The van der Waals surface area contributed by atoms with Gasteiger partial charge in [0.2, 0.25) is 0 Å². The van der Waals surface area contributed by atoms with Gasteiger partial charge in [-0.1, -0.05) is 21.6 Å². The minimum absolute atomic E-state index is 0.0118. The van der Waals surface area contributed by atoms with Gasteiger partial charge in [-0.15, -0.1) is 0 Å². The van der Waals surface area contributed by atoms with E-state index in [4.69, 9.17) is 18.9 Å². The highest BCUT2D eigenvalue weighted by atomic mass is 33.7. The monoisotopic (exact) mass is 506 g/mol. The summed E-state index contributed by atoms with van der Waals surface area (Å²) in [5, 5.41) is 0. The molecule has 0 saturated heterocycles. The maximum absolute atomic E-state index is 5.62. The Morgan fingerprint density at radius 2 is 0.893 bits per heavy atom. The Balaban J connectivity index is 3.68. The molecule has 0 radical (unpaired) electrons. The van der Waals surface area contributed by atoms with Gasteiger partial charge in [-0.05, 0) is 85.9 Å². The van der Waals surface area contributed by atoms with E-state index in [9.17, 15) is 0 Å². The molecule has 10 heteroatoms. The lowest BCUT2D eigenvalue weighted by Gasteiger charge is -2.18. The molecule has 0 aliphatic carbocycles. The number of hydrogen-bond donors (Lipinski definition) is 0. The van der Waals surface area contributed by atoms with Crippen LogP contribution in [0.15, 0.2) is 0 Å². The highest BCUT2D eigenvalue weighted by Gasteiger charge is 2.12. The van der Waals surface area contributed by atoms with E-state index in [1.165, 1.54) is 46.2 Å². The Morgan fingerprint density at radius 3 is 1.18 bits per heavy atom. The second-order valence-corrected chi connectivity index (χ2v) is 17.6. The van der Waals surface area contributed by atoms with Crippen molar-refractivity contribution in [3.05, 3.63) is 0 Å². The molecule has 2 atom stereocenters. The van der Waals surface area contributed by atoms with Crippen LogP contribution in [0.3, 0.4) is 0 Å². The van der Waals surface area contributed by atoms with Gasteiger partial charge in [-0.25, -0.2) is 0 Å². The van der Waals surface area contributed by atoms with E-state index < -0.39 is 0 Å². The lowest BCUT2D eigenvalue weighted by Crippen LogP contribution is -2.17. The Bertz CT molecular complexity index is 294. The zero-order valence-corrected chi connectivity index (χ0v) is 25.9. The molecule has 0 amide bonds. The summed E-state index contributed by atoms with van der Waals surface area (Å²) in [6, 6.07) is 0. The average molecular weight is 507 g/mol. The van der Waals surface area contributed by atoms with E-state index in [0.29, 0.717) is 0 Å². The Morgan fingerprint density at radius 1 is 0.571 bits per heavy atom. The second kappa shape index (κ2) is 21.9. The van der Waals surface area contributed by atoms with Crippen LogP contribution in [0.4, 0.5) is 0 Å². The molecule has 0 saturated carbocycles. The van der Waals surface area contributed by atoms with Crippen molar-refractivity contribution in [2.24, 2.45) is 0 Å². The van der Waals surface area contributed by atoms with Crippen molar-refractivity contribution in [2.45, 2.75) is 88.5 Å². The van der Waals surface area contributed by atoms with E-state index in [1.807, 2.05) is 47.3 Å². The highest BCUT2D eigenvalue weighted by molar-refractivity contribution is 9.26. The Labute approximate surface area is 194 Å². The normalized spacial score (nSPS) is 14.4. The summed E-state index contributed by atoms with van der Waals surface area (Å²) < 4.78 is 22.5. The molecule has 0 aromatic heterocycles. The second-order valence-electron chi connectivity index (χ2n) is 6.49. The van der Waals surface area contributed by atoms with Gasteiger partial charge in [0.05, 0.1) is 0 Å². The number of rotatable bonds is 21. The van der Waals surface area contributed by atoms with E-state index in [-0.39, 0.29) is 12.6 Å². The van der Waals surface area contributed by atoms with Gasteiger partial charge in [-0.2, -0.15) is 0 Å². The summed E-state index contributed by atoms with van der Waals surface area (Å²) in [5.74, 6) is 0. The Kier molecular flexibility index (Phi) is 23.2. The smallest absolute Gasteiger partial charge is 0.157 e. The van der Waals surface area contributed by atoms with E-state index >= 15 is 0 Å². The van der Waals surface area contributed by atoms with Gasteiger partial charge in [-0.3, -0.25) is 0 Å². The van der Waals surface area contributed by atoms with Crippen LogP contribution in [0.5, 0.6) is 0 Å². The van der Waals surface area contributed by atoms with Crippen molar-refractivity contribution in [1.29, 1.82) is 0 Å². The van der Waals surface area contributed by atoms with Gasteiger partial charge in [0.1, 0.15) is 0 Å². The van der Waals surface area contributed by atoms with Gasteiger partial charge < -0.3 is 18.9 Å². The molecule has 0 N–H and O–H groups in total. The average Bonchev–Trinajstić information content (AvgIpc) is 2.66. The van der Waals surface area contributed by atoms with Gasteiger partial charge >= 0.3 is 0 Å². The third kappa shape index (κ3) is 18.4. The maximum Gasteiger partial charge on any atom is 0.157 e. The zero-order chi connectivity index (χ0) is 21.0. The lowest BCUT2D eigenvalue weighted by atomic mass is 10.2. The highest BCUT2D eigenvalue weighted by Crippen LogP contribution is 2.47. The first-order valence-corrected chi connectivity index (χ1v) is 17.9. The topological polar surface area (TPSA) is 36.9 Å². The molecule has 0 rings (SSSR count). The fourth-order valence-electron chi connectivity index (χ4n) is 2.58. The first-order valence-electron chi connectivity index (χ1n) is 10.7. The summed E-state index contributed by atoms with van der Waals surface area (Å²) in [6.45, 7) is 11.0. The van der Waals surface area contributed by atoms with Crippen LogP contribution in [-0.4, -0.2) is 69.2 Å². The number of hydrogen-bond acceptors (Lipinski definition) is 8. The molecule has 0 aromatic carbocycles. The zero-order valence-electron chi connectivity index (χ0n) is 18.6. The minimum atomic E-state index is -0.0118. The SMILES string of the molecule is CCOC(CCCC([SiH3])SSSSC([SiH3])CCCC(OCC)OCC)OCC. The molecular weight excluding hydrogens is 465 g/mol. The Hall–Kier alpha value is 1.67. The molecule has 0 fully saturated rings. The molecule has 28 heavy (non-hydrogen) atoms. The summed E-state index contributed by atoms with van der Waals surface area (Å²) in [6.07, 6.45) is 6.92. The molecule has 2 unspecified atom stereocenters. The minimum Gasteiger partial charge on any atom is -0.353 e. The van der Waals surface area contributed by atoms with Crippen LogP contribution >= 0.6 is 41.2 Å². The summed E-state index contributed by atoms with van der Waals surface area (Å²) in [7, 11) is 10.5. The van der Waals surface area contributed by atoms with Crippen LogP contribution in [-0.2, 0) is 18.9 Å². The summed E-state index contributed by atoms with van der Waals surface area (Å²) in [5.41, 5.74) is 0. The standard InChI is InChI=1S/C18H42O4S4Si2/c1-5-19-15(20-6-2)11-9-13-17(27)23-25-26-24-18(28)14-10-12-16(21-7-3)22-8-4/h15-18H,5-14H2,1-4,27-28H3. The fraction of sp³-hybridized carbons (Fsp3) is 1.00. The predicted octanol–water partition coefficient (Wildman–Crippen LogP) is 4.19. The molecule has 0 aliphatic rings. The maximum atomic E-state index is 5.62. The van der Waals surface area contributed by atoms with Crippen LogP contribution < -0.4 is 0 Å². The van der Waals surface area contributed by atoms with Gasteiger partial charge in [0.15, 0.2) is 12.6 Å². The third-order valence-electron chi connectivity index (χ3n) is 3.95. The number of ether oxygens (including phenoxy) is 4. The molecule has 0 aromatic rings. The fourth-order valence-corrected chi connectivity index (χ4v) is 14.8. The van der Waals surface area contributed by atoms with Crippen molar-refractivity contribution in [3.8, 4) is 0 Å². The molecule has 0 spiro atoms. The van der Waals surface area contributed by atoms with E-state index in [0.717, 1.165) is 49.0 Å². The molecular formula is C18H42O4S4Si2. The first kappa shape index (κ1) is 29.7. The van der Waals surface area contributed by atoms with Crippen LogP contribution in [0.25, 0.3) is 0 Å². The largest absolute Gasteiger partial charge is 0.353 e.